The Hall–Kier alpha value is -0.610. The van der Waals surface area contributed by atoms with Crippen molar-refractivity contribution in [3.63, 3.8) is 0 Å². The zero-order valence-corrected chi connectivity index (χ0v) is 13.8. The van der Waals surface area contributed by atoms with Crippen molar-refractivity contribution in [3.05, 3.63) is 0 Å². The van der Waals surface area contributed by atoms with Gasteiger partial charge < -0.3 is 10.1 Å². The van der Waals surface area contributed by atoms with E-state index in [9.17, 15) is 4.79 Å². The van der Waals surface area contributed by atoms with Gasteiger partial charge in [-0.25, -0.2) is 0 Å². The van der Waals surface area contributed by atoms with Gasteiger partial charge in [-0.1, -0.05) is 26.7 Å². The molecule has 1 atom stereocenters. The van der Waals surface area contributed by atoms with E-state index < -0.39 is 0 Å². The first-order valence-electron chi connectivity index (χ1n) is 8.73. The van der Waals surface area contributed by atoms with Crippen molar-refractivity contribution >= 4 is 5.91 Å². The maximum Gasteiger partial charge on any atom is 0.220 e. The van der Waals surface area contributed by atoms with E-state index in [0.29, 0.717) is 17.9 Å². The van der Waals surface area contributed by atoms with Gasteiger partial charge in [0.25, 0.3) is 0 Å². The molecule has 1 amide bonds. The molecule has 21 heavy (non-hydrogen) atoms. The van der Waals surface area contributed by atoms with Crippen molar-refractivity contribution in [2.24, 2.45) is 11.8 Å². The van der Waals surface area contributed by atoms with Crippen LogP contribution in [0.2, 0.25) is 0 Å². The number of amides is 1. The Morgan fingerprint density at radius 1 is 1.24 bits per heavy atom. The molecular weight excluding hydrogens is 264 g/mol. The molecule has 1 heterocycles. The largest absolute Gasteiger partial charge is 0.379 e. The molecule has 1 saturated heterocycles. The lowest BCUT2D eigenvalue weighted by Gasteiger charge is -2.35. The highest BCUT2D eigenvalue weighted by atomic mass is 16.5. The first-order chi connectivity index (χ1) is 10.1. The third-order valence-electron chi connectivity index (χ3n) is 4.79. The standard InChI is InChI=1S/C17H32N2O2/c1-14(2)11-16(19-7-9-21-10-8-19)13-18-17(20)12-15-5-3-4-6-15/h14-16H,3-13H2,1-2H3,(H,18,20). The van der Waals surface area contributed by atoms with Crippen LogP contribution in [-0.4, -0.2) is 49.7 Å². The zero-order valence-electron chi connectivity index (χ0n) is 13.8. The summed E-state index contributed by atoms with van der Waals surface area (Å²) in [6.07, 6.45) is 6.98. The lowest BCUT2D eigenvalue weighted by molar-refractivity contribution is -0.122. The van der Waals surface area contributed by atoms with Gasteiger partial charge >= 0.3 is 0 Å². The number of ether oxygens (including phenoxy) is 1. The number of nitrogens with one attached hydrogen (secondary N) is 1. The van der Waals surface area contributed by atoms with Crippen molar-refractivity contribution in [2.45, 2.75) is 58.4 Å². The average Bonchev–Trinajstić information content (AvgIpc) is 2.97. The number of hydrogen-bond acceptors (Lipinski definition) is 3. The minimum atomic E-state index is 0.254. The van der Waals surface area contributed by atoms with Crippen LogP contribution in [0.25, 0.3) is 0 Å². The molecule has 0 spiro atoms. The van der Waals surface area contributed by atoms with Gasteiger partial charge in [-0.2, -0.15) is 0 Å². The zero-order chi connectivity index (χ0) is 15.1. The van der Waals surface area contributed by atoms with Crippen LogP contribution in [0.4, 0.5) is 0 Å². The second-order valence-corrected chi connectivity index (χ2v) is 7.09. The summed E-state index contributed by atoms with van der Waals surface area (Å²) in [5, 5.41) is 3.19. The fourth-order valence-electron chi connectivity index (χ4n) is 3.63. The summed E-state index contributed by atoms with van der Waals surface area (Å²) in [6.45, 7) is 8.95. The van der Waals surface area contributed by atoms with Crippen molar-refractivity contribution in [3.8, 4) is 0 Å². The summed E-state index contributed by atoms with van der Waals surface area (Å²) in [6, 6.07) is 0.460. The third kappa shape index (κ3) is 5.95. The van der Waals surface area contributed by atoms with Crippen molar-refractivity contribution < 1.29 is 9.53 Å². The molecule has 4 heteroatoms. The van der Waals surface area contributed by atoms with Gasteiger partial charge in [0, 0.05) is 32.1 Å². The molecule has 0 aromatic carbocycles. The van der Waals surface area contributed by atoms with E-state index in [0.717, 1.165) is 45.7 Å². The van der Waals surface area contributed by atoms with Crippen LogP contribution in [0.3, 0.4) is 0 Å². The van der Waals surface area contributed by atoms with E-state index in [1.165, 1.54) is 25.7 Å². The number of morpholine rings is 1. The monoisotopic (exact) mass is 296 g/mol. The molecule has 0 bridgehead atoms. The first-order valence-corrected chi connectivity index (χ1v) is 8.73. The van der Waals surface area contributed by atoms with Crippen molar-refractivity contribution in [2.75, 3.05) is 32.8 Å². The molecule has 1 N–H and O–H groups in total. The van der Waals surface area contributed by atoms with Gasteiger partial charge in [0.05, 0.1) is 13.2 Å². The Kier molecular flexibility index (Phi) is 6.97. The maximum absolute atomic E-state index is 12.1. The molecule has 1 saturated carbocycles. The normalized spacial score (nSPS) is 22.6. The van der Waals surface area contributed by atoms with Gasteiger partial charge in [-0.05, 0) is 31.1 Å². The summed E-state index contributed by atoms with van der Waals surface area (Å²) in [5.41, 5.74) is 0. The second kappa shape index (κ2) is 8.74. The lowest BCUT2D eigenvalue weighted by Crippen LogP contribution is -2.49. The molecule has 1 aliphatic carbocycles. The van der Waals surface area contributed by atoms with E-state index in [4.69, 9.17) is 4.74 Å². The molecule has 1 unspecified atom stereocenters. The first kappa shape index (κ1) is 16.8. The van der Waals surface area contributed by atoms with Gasteiger partial charge in [-0.15, -0.1) is 0 Å². The molecular formula is C17H32N2O2. The number of carbonyl (C=O) groups is 1. The van der Waals surface area contributed by atoms with Gasteiger partial charge in [-0.3, -0.25) is 9.69 Å². The van der Waals surface area contributed by atoms with Crippen LogP contribution in [0.5, 0.6) is 0 Å². The summed E-state index contributed by atoms with van der Waals surface area (Å²) in [5.74, 6) is 1.55. The van der Waals surface area contributed by atoms with Crippen LogP contribution in [0.15, 0.2) is 0 Å². The van der Waals surface area contributed by atoms with Crippen LogP contribution in [0.1, 0.15) is 52.4 Å². The smallest absolute Gasteiger partial charge is 0.220 e. The minimum absolute atomic E-state index is 0.254. The Morgan fingerprint density at radius 2 is 1.90 bits per heavy atom. The Balaban J connectivity index is 1.75. The number of carbonyl (C=O) groups excluding carboxylic acids is 1. The summed E-state index contributed by atoms with van der Waals surface area (Å²) >= 11 is 0. The number of hydrogen-bond donors (Lipinski definition) is 1. The van der Waals surface area contributed by atoms with E-state index in [1.807, 2.05) is 0 Å². The van der Waals surface area contributed by atoms with E-state index in [1.54, 1.807) is 0 Å². The molecule has 2 aliphatic rings. The average molecular weight is 296 g/mol. The topological polar surface area (TPSA) is 41.6 Å². The molecule has 0 aromatic heterocycles. The lowest BCUT2D eigenvalue weighted by atomic mass is 10.0. The van der Waals surface area contributed by atoms with Gasteiger partial charge in [0.1, 0.15) is 0 Å². The highest BCUT2D eigenvalue weighted by molar-refractivity contribution is 5.76. The molecule has 2 fully saturated rings. The van der Waals surface area contributed by atoms with E-state index in [2.05, 4.69) is 24.1 Å². The highest BCUT2D eigenvalue weighted by Crippen LogP contribution is 2.27. The van der Waals surface area contributed by atoms with Crippen molar-refractivity contribution in [1.82, 2.24) is 10.2 Å². The second-order valence-electron chi connectivity index (χ2n) is 7.09. The molecule has 122 valence electrons. The molecule has 0 aromatic rings. The minimum Gasteiger partial charge on any atom is -0.379 e. The fourth-order valence-corrected chi connectivity index (χ4v) is 3.63. The Morgan fingerprint density at radius 3 is 2.52 bits per heavy atom. The summed E-state index contributed by atoms with van der Waals surface area (Å²) in [7, 11) is 0. The predicted molar refractivity (Wildman–Crippen MR) is 85.2 cm³/mol. The number of nitrogens with zero attached hydrogens (tertiary/aromatic N) is 1. The van der Waals surface area contributed by atoms with Crippen LogP contribution < -0.4 is 5.32 Å². The van der Waals surface area contributed by atoms with Crippen LogP contribution in [0, 0.1) is 11.8 Å². The number of rotatable bonds is 7. The Bertz CT molecular complexity index is 308. The van der Waals surface area contributed by atoms with Crippen molar-refractivity contribution in [1.29, 1.82) is 0 Å². The van der Waals surface area contributed by atoms with Crippen LogP contribution in [-0.2, 0) is 9.53 Å². The third-order valence-corrected chi connectivity index (χ3v) is 4.79. The summed E-state index contributed by atoms with van der Waals surface area (Å²) < 4.78 is 5.44. The van der Waals surface area contributed by atoms with Gasteiger partial charge in [0.2, 0.25) is 5.91 Å². The van der Waals surface area contributed by atoms with E-state index in [-0.39, 0.29) is 5.91 Å². The Labute approximate surface area is 129 Å². The highest BCUT2D eigenvalue weighted by Gasteiger charge is 2.23. The maximum atomic E-state index is 12.1. The molecule has 0 radical (unpaired) electrons. The SMILES string of the molecule is CC(C)CC(CNC(=O)CC1CCCC1)N1CCOCC1. The summed E-state index contributed by atoms with van der Waals surface area (Å²) in [4.78, 5) is 14.6. The molecule has 1 aliphatic heterocycles. The quantitative estimate of drug-likeness (QED) is 0.784. The molecule has 2 rings (SSSR count). The predicted octanol–water partition coefficient (Wildman–Crippen LogP) is 2.43. The van der Waals surface area contributed by atoms with E-state index >= 15 is 0 Å². The fraction of sp³-hybridized carbons (Fsp3) is 0.941. The van der Waals surface area contributed by atoms with Crippen LogP contribution >= 0.6 is 0 Å². The molecule has 4 nitrogen and oxygen atoms in total. The van der Waals surface area contributed by atoms with Gasteiger partial charge in [0.15, 0.2) is 0 Å².